The van der Waals surface area contributed by atoms with Crippen LogP contribution in [-0.4, -0.2) is 35.1 Å². The van der Waals surface area contributed by atoms with Crippen LogP contribution in [0, 0.1) is 0 Å². The third-order valence-electron chi connectivity index (χ3n) is 3.91. The third-order valence-corrected chi connectivity index (χ3v) is 3.91. The molecule has 0 spiro atoms. The molecule has 0 fully saturated rings. The van der Waals surface area contributed by atoms with Crippen molar-refractivity contribution in [3.63, 3.8) is 0 Å². The average Bonchev–Trinajstić information content (AvgIpc) is 2.95. The van der Waals surface area contributed by atoms with E-state index in [1.54, 1.807) is 12.1 Å². The highest BCUT2D eigenvalue weighted by molar-refractivity contribution is 5.94. The van der Waals surface area contributed by atoms with Gasteiger partial charge < -0.3 is 10.4 Å². The zero-order valence-corrected chi connectivity index (χ0v) is 12.4. The Morgan fingerprint density at radius 1 is 1.05 bits per heavy atom. The van der Waals surface area contributed by atoms with Gasteiger partial charge in [-0.1, -0.05) is 42.5 Å². The van der Waals surface area contributed by atoms with Crippen molar-refractivity contribution in [2.45, 2.75) is 19.2 Å². The van der Waals surface area contributed by atoms with Crippen molar-refractivity contribution in [3.8, 4) is 0 Å². The molecule has 2 N–H and O–H groups in total. The van der Waals surface area contributed by atoms with Gasteiger partial charge in [-0.3, -0.25) is 9.69 Å². The lowest BCUT2D eigenvalue weighted by Gasteiger charge is -2.19. The Balaban J connectivity index is 1.46. The van der Waals surface area contributed by atoms with Gasteiger partial charge in [0.2, 0.25) is 0 Å². The smallest absolute Gasteiger partial charge is 0.251 e. The summed E-state index contributed by atoms with van der Waals surface area (Å²) in [5.41, 5.74) is 3.26. The fraction of sp³-hybridized carbons (Fsp3) is 0.278. The zero-order chi connectivity index (χ0) is 15.4. The second-order valence-electron chi connectivity index (χ2n) is 5.67. The fourth-order valence-electron chi connectivity index (χ4n) is 2.80. The van der Waals surface area contributed by atoms with Crippen LogP contribution in [0.15, 0.2) is 54.6 Å². The number of fused-ring (bicyclic) bond motifs is 1. The summed E-state index contributed by atoms with van der Waals surface area (Å²) < 4.78 is 0. The summed E-state index contributed by atoms with van der Waals surface area (Å²) >= 11 is 0. The van der Waals surface area contributed by atoms with Crippen LogP contribution in [0.25, 0.3) is 0 Å². The summed E-state index contributed by atoms with van der Waals surface area (Å²) in [7, 11) is 0. The van der Waals surface area contributed by atoms with Crippen LogP contribution in [0.3, 0.4) is 0 Å². The number of aliphatic hydroxyl groups excluding tert-OH is 1. The normalized spacial score (nSPS) is 15.3. The molecule has 114 valence electrons. The van der Waals surface area contributed by atoms with Gasteiger partial charge in [-0.25, -0.2) is 0 Å². The Hall–Kier alpha value is -2.17. The number of nitrogens with one attached hydrogen (secondary N) is 1. The Kier molecular flexibility index (Phi) is 4.51. The molecule has 4 heteroatoms. The Morgan fingerprint density at radius 2 is 1.64 bits per heavy atom. The molecule has 0 aromatic heterocycles. The van der Waals surface area contributed by atoms with Crippen molar-refractivity contribution in [2.24, 2.45) is 0 Å². The molecule has 1 heterocycles. The van der Waals surface area contributed by atoms with E-state index in [0.29, 0.717) is 12.1 Å². The summed E-state index contributed by atoms with van der Waals surface area (Å²) in [4.78, 5) is 14.1. The minimum Gasteiger partial charge on any atom is -0.390 e. The Morgan fingerprint density at radius 3 is 2.27 bits per heavy atom. The topological polar surface area (TPSA) is 52.6 Å². The standard InChI is InChI=1S/C18H20N2O2/c21-17(10-19-18(22)14-6-2-1-3-7-14)13-20-11-15-8-4-5-9-16(15)12-20/h1-9,17,21H,10-13H2,(H,19,22)/t17-/m1/s1. The molecule has 0 aliphatic carbocycles. The molecule has 0 saturated carbocycles. The summed E-state index contributed by atoms with van der Waals surface area (Å²) in [5, 5.41) is 12.9. The van der Waals surface area contributed by atoms with Crippen molar-refractivity contribution >= 4 is 5.91 Å². The average molecular weight is 296 g/mol. The molecule has 0 bridgehead atoms. The second-order valence-corrected chi connectivity index (χ2v) is 5.67. The van der Waals surface area contributed by atoms with Crippen molar-refractivity contribution in [1.82, 2.24) is 10.2 Å². The van der Waals surface area contributed by atoms with E-state index in [2.05, 4.69) is 22.3 Å². The quantitative estimate of drug-likeness (QED) is 0.884. The molecule has 1 amide bonds. The van der Waals surface area contributed by atoms with Gasteiger partial charge in [-0.05, 0) is 23.3 Å². The number of aliphatic hydroxyl groups is 1. The molecule has 4 nitrogen and oxygen atoms in total. The van der Waals surface area contributed by atoms with Gasteiger partial charge in [0.1, 0.15) is 0 Å². The summed E-state index contributed by atoms with van der Waals surface area (Å²) in [6, 6.07) is 17.4. The van der Waals surface area contributed by atoms with Gasteiger partial charge in [0.15, 0.2) is 0 Å². The van der Waals surface area contributed by atoms with Crippen LogP contribution in [0.5, 0.6) is 0 Å². The third kappa shape index (κ3) is 3.53. The second kappa shape index (κ2) is 6.73. The first-order valence-electron chi connectivity index (χ1n) is 7.53. The fourth-order valence-corrected chi connectivity index (χ4v) is 2.80. The summed E-state index contributed by atoms with van der Waals surface area (Å²) in [5.74, 6) is -0.149. The molecule has 2 aromatic carbocycles. The lowest BCUT2D eigenvalue weighted by atomic mass is 10.1. The predicted molar refractivity (Wildman–Crippen MR) is 85.3 cm³/mol. The van der Waals surface area contributed by atoms with Gasteiger partial charge >= 0.3 is 0 Å². The lowest BCUT2D eigenvalue weighted by molar-refractivity contribution is 0.0856. The first kappa shape index (κ1) is 14.8. The van der Waals surface area contributed by atoms with E-state index in [4.69, 9.17) is 0 Å². The minimum atomic E-state index is -0.568. The van der Waals surface area contributed by atoms with E-state index in [9.17, 15) is 9.90 Å². The predicted octanol–water partition coefficient (Wildman–Crippen LogP) is 1.79. The highest BCUT2D eigenvalue weighted by atomic mass is 16.3. The van der Waals surface area contributed by atoms with Crippen LogP contribution in [-0.2, 0) is 13.1 Å². The van der Waals surface area contributed by atoms with Gasteiger partial charge in [0, 0.05) is 31.7 Å². The number of hydrogen-bond donors (Lipinski definition) is 2. The van der Waals surface area contributed by atoms with Crippen LogP contribution >= 0.6 is 0 Å². The molecule has 3 rings (SSSR count). The Bertz CT molecular complexity index is 618. The first-order chi connectivity index (χ1) is 10.7. The summed E-state index contributed by atoms with van der Waals surface area (Å²) in [6.45, 7) is 2.55. The number of nitrogens with zero attached hydrogens (tertiary/aromatic N) is 1. The largest absolute Gasteiger partial charge is 0.390 e. The van der Waals surface area contributed by atoms with Crippen LogP contribution in [0.2, 0.25) is 0 Å². The maximum atomic E-state index is 11.9. The lowest BCUT2D eigenvalue weighted by Crippen LogP contribution is -2.38. The first-order valence-corrected chi connectivity index (χ1v) is 7.53. The minimum absolute atomic E-state index is 0.149. The van der Waals surface area contributed by atoms with Crippen molar-refractivity contribution in [2.75, 3.05) is 13.1 Å². The SMILES string of the molecule is O=C(NC[C@@H](O)CN1Cc2ccccc2C1)c1ccccc1. The van der Waals surface area contributed by atoms with E-state index >= 15 is 0 Å². The number of carbonyl (C=O) groups excluding carboxylic acids is 1. The molecule has 0 radical (unpaired) electrons. The number of amides is 1. The van der Waals surface area contributed by atoms with Crippen molar-refractivity contribution in [1.29, 1.82) is 0 Å². The molecule has 0 saturated heterocycles. The van der Waals surface area contributed by atoms with E-state index in [0.717, 1.165) is 13.1 Å². The molecule has 1 aliphatic rings. The zero-order valence-electron chi connectivity index (χ0n) is 12.4. The molecular formula is C18H20N2O2. The number of carbonyl (C=O) groups is 1. The molecule has 1 atom stereocenters. The Labute approximate surface area is 130 Å². The monoisotopic (exact) mass is 296 g/mol. The van der Waals surface area contributed by atoms with E-state index in [-0.39, 0.29) is 12.5 Å². The molecule has 2 aromatic rings. The highest BCUT2D eigenvalue weighted by Gasteiger charge is 2.20. The van der Waals surface area contributed by atoms with Crippen LogP contribution in [0.4, 0.5) is 0 Å². The number of β-amino-alcohol motifs (C(OH)–C–C–N with tert-alkyl or cyclic N) is 1. The van der Waals surface area contributed by atoms with Crippen LogP contribution in [0.1, 0.15) is 21.5 Å². The number of benzene rings is 2. The maximum absolute atomic E-state index is 11.9. The van der Waals surface area contributed by atoms with Crippen molar-refractivity contribution < 1.29 is 9.90 Å². The van der Waals surface area contributed by atoms with Crippen molar-refractivity contribution in [3.05, 3.63) is 71.3 Å². The van der Waals surface area contributed by atoms with Gasteiger partial charge in [-0.2, -0.15) is 0 Å². The number of rotatable bonds is 5. The molecule has 0 unspecified atom stereocenters. The highest BCUT2D eigenvalue weighted by Crippen LogP contribution is 2.21. The van der Waals surface area contributed by atoms with Crippen LogP contribution < -0.4 is 5.32 Å². The van der Waals surface area contributed by atoms with Gasteiger partial charge in [0.25, 0.3) is 5.91 Å². The van der Waals surface area contributed by atoms with E-state index in [1.807, 2.05) is 30.3 Å². The van der Waals surface area contributed by atoms with Gasteiger partial charge in [0.05, 0.1) is 6.10 Å². The number of hydrogen-bond acceptors (Lipinski definition) is 3. The summed E-state index contributed by atoms with van der Waals surface area (Å²) in [6.07, 6.45) is -0.568. The maximum Gasteiger partial charge on any atom is 0.251 e. The molecular weight excluding hydrogens is 276 g/mol. The molecule has 22 heavy (non-hydrogen) atoms. The van der Waals surface area contributed by atoms with E-state index in [1.165, 1.54) is 11.1 Å². The van der Waals surface area contributed by atoms with E-state index < -0.39 is 6.10 Å². The van der Waals surface area contributed by atoms with Gasteiger partial charge in [-0.15, -0.1) is 0 Å². The molecule has 1 aliphatic heterocycles.